The molecule has 6 heteroatoms. The zero-order chi connectivity index (χ0) is 18.7. The predicted octanol–water partition coefficient (Wildman–Crippen LogP) is 2.17. The maximum absolute atomic E-state index is 12.7. The number of aryl methyl sites for hydroxylation is 2. The molecule has 0 spiro atoms. The first-order chi connectivity index (χ1) is 12.5. The van der Waals surface area contributed by atoms with Crippen LogP contribution in [0.25, 0.3) is 0 Å². The van der Waals surface area contributed by atoms with E-state index < -0.39 is 0 Å². The number of nitrogens with one attached hydrogen (secondary N) is 1. The molecule has 0 radical (unpaired) electrons. The van der Waals surface area contributed by atoms with E-state index in [0.29, 0.717) is 38.3 Å². The lowest BCUT2D eigenvalue weighted by atomic mass is 10.0. The Morgan fingerprint density at radius 2 is 1.77 bits per heavy atom. The summed E-state index contributed by atoms with van der Waals surface area (Å²) in [5.41, 5.74) is 3.70. The lowest BCUT2D eigenvalue weighted by molar-refractivity contribution is -0.131. The summed E-state index contributed by atoms with van der Waals surface area (Å²) >= 11 is 0. The monoisotopic (exact) mass is 355 g/mol. The molecule has 1 aliphatic rings. The highest BCUT2D eigenvalue weighted by Gasteiger charge is 2.25. The molecule has 0 unspecified atom stereocenters. The standard InChI is InChI=1S/C20H25N3O3/c1-14-12-18(26-3)15(2)11-16(14)13-19(24)22-7-9-23(10-8-22)20(25)17-5-4-6-21-17/h4-6,11-12,21H,7-10,13H2,1-3H3. The van der Waals surface area contributed by atoms with Gasteiger partial charge in [0.25, 0.3) is 5.91 Å². The first-order valence-electron chi connectivity index (χ1n) is 8.84. The van der Waals surface area contributed by atoms with Crippen LogP contribution < -0.4 is 4.74 Å². The number of methoxy groups -OCH3 is 1. The summed E-state index contributed by atoms with van der Waals surface area (Å²) in [6.07, 6.45) is 2.12. The van der Waals surface area contributed by atoms with Gasteiger partial charge in [-0.15, -0.1) is 0 Å². The van der Waals surface area contributed by atoms with E-state index in [0.717, 1.165) is 22.4 Å². The molecule has 0 bridgehead atoms. The zero-order valence-corrected chi connectivity index (χ0v) is 15.5. The van der Waals surface area contributed by atoms with E-state index in [4.69, 9.17) is 4.74 Å². The van der Waals surface area contributed by atoms with E-state index in [1.165, 1.54) is 0 Å². The molecule has 3 rings (SSSR count). The van der Waals surface area contributed by atoms with Gasteiger partial charge in [-0.1, -0.05) is 6.07 Å². The fourth-order valence-corrected chi connectivity index (χ4v) is 3.33. The van der Waals surface area contributed by atoms with E-state index in [-0.39, 0.29) is 11.8 Å². The van der Waals surface area contributed by atoms with Crippen molar-refractivity contribution in [2.45, 2.75) is 20.3 Å². The van der Waals surface area contributed by atoms with Crippen molar-refractivity contribution in [3.63, 3.8) is 0 Å². The van der Waals surface area contributed by atoms with Crippen LogP contribution in [0.1, 0.15) is 27.2 Å². The molecule has 1 fully saturated rings. The van der Waals surface area contributed by atoms with Crippen LogP contribution in [0.15, 0.2) is 30.5 Å². The quantitative estimate of drug-likeness (QED) is 0.914. The molecule has 1 N–H and O–H groups in total. The minimum absolute atomic E-state index is 0.0104. The first kappa shape index (κ1) is 18.0. The molecule has 1 aromatic carbocycles. The Morgan fingerprint density at radius 3 is 2.38 bits per heavy atom. The second-order valence-corrected chi connectivity index (χ2v) is 6.68. The number of aromatic amines is 1. The molecule has 0 atom stereocenters. The molecular formula is C20H25N3O3. The summed E-state index contributed by atoms with van der Waals surface area (Å²) in [4.78, 5) is 31.6. The van der Waals surface area contributed by atoms with Gasteiger partial charge in [-0.3, -0.25) is 9.59 Å². The smallest absolute Gasteiger partial charge is 0.270 e. The Hall–Kier alpha value is -2.76. The second-order valence-electron chi connectivity index (χ2n) is 6.68. The van der Waals surface area contributed by atoms with Crippen molar-refractivity contribution >= 4 is 11.8 Å². The summed E-state index contributed by atoms with van der Waals surface area (Å²) in [5.74, 6) is 0.934. The third-order valence-corrected chi connectivity index (χ3v) is 4.94. The number of amides is 2. The number of nitrogens with zero attached hydrogens (tertiary/aromatic N) is 2. The number of rotatable bonds is 4. The van der Waals surface area contributed by atoms with Crippen LogP contribution in [0.5, 0.6) is 5.75 Å². The van der Waals surface area contributed by atoms with Crippen LogP contribution in [0.4, 0.5) is 0 Å². The van der Waals surface area contributed by atoms with Gasteiger partial charge in [0, 0.05) is 32.4 Å². The average molecular weight is 355 g/mol. The van der Waals surface area contributed by atoms with Crippen molar-refractivity contribution in [3.8, 4) is 5.75 Å². The van der Waals surface area contributed by atoms with Crippen molar-refractivity contribution in [3.05, 3.63) is 52.8 Å². The Balaban J connectivity index is 1.59. The van der Waals surface area contributed by atoms with Crippen molar-refractivity contribution in [2.75, 3.05) is 33.3 Å². The lowest BCUT2D eigenvalue weighted by Crippen LogP contribution is -2.51. The van der Waals surface area contributed by atoms with Crippen LogP contribution in [0.2, 0.25) is 0 Å². The highest BCUT2D eigenvalue weighted by Crippen LogP contribution is 2.23. The van der Waals surface area contributed by atoms with Gasteiger partial charge in [-0.05, 0) is 48.7 Å². The number of piperazine rings is 1. The van der Waals surface area contributed by atoms with Crippen LogP contribution in [-0.4, -0.2) is 59.9 Å². The number of ether oxygens (including phenoxy) is 1. The van der Waals surface area contributed by atoms with Gasteiger partial charge in [0.05, 0.1) is 13.5 Å². The maximum Gasteiger partial charge on any atom is 0.270 e. The fraction of sp³-hybridized carbons (Fsp3) is 0.400. The molecule has 2 heterocycles. The normalized spacial score (nSPS) is 14.4. The Labute approximate surface area is 153 Å². The molecule has 138 valence electrons. The van der Waals surface area contributed by atoms with E-state index >= 15 is 0 Å². The van der Waals surface area contributed by atoms with Crippen LogP contribution in [0, 0.1) is 13.8 Å². The molecule has 2 amide bonds. The molecule has 26 heavy (non-hydrogen) atoms. The van der Waals surface area contributed by atoms with Crippen LogP contribution in [-0.2, 0) is 11.2 Å². The molecule has 6 nitrogen and oxygen atoms in total. The van der Waals surface area contributed by atoms with Crippen molar-refractivity contribution < 1.29 is 14.3 Å². The van der Waals surface area contributed by atoms with Gasteiger partial charge in [0.1, 0.15) is 11.4 Å². The first-order valence-corrected chi connectivity index (χ1v) is 8.84. The highest BCUT2D eigenvalue weighted by molar-refractivity contribution is 5.92. The lowest BCUT2D eigenvalue weighted by Gasteiger charge is -2.34. The number of carbonyl (C=O) groups excluding carboxylic acids is 2. The summed E-state index contributed by atoms with van der Waals surface area (Å²) < 4.78 is 5.33. The van der Waals surface area contributed by atoms with Gasteiger partial charge < -0.3 is 19.5 Å². The average Bonchev–Trinajstić information content (AvgIpc) is 3.18. The molecule has 1 aromatic heterocycles. The summed E-state index contributed by atoms with van der Waals surface area (Å²) in [6, 6.07) is 7.59. The van der Waals surface area contributed by atoms with Crippen LogP contribution >= 0.6 is 0 Å². The van der Waals surface area contributed by atoms with Crippen molar-refractivity contribution in [1.29, 1.82) is 0 Å². The fourth-order valence-electron chi connectivity index (χ4n) is 3.33. The molecule has 0 saturated carbocycles. The highest BCUT2D eigenvalue weighted by atomic mass is 16.5. The molecule has 0 aliphatic carbocycles. The van der Waals surface area contributed by atoms with E-state index in [9.17, 15) is 9.59 Å². The Morgan fingerprint density at radius 1 is 1.08 bits per heavy atom. The van der Waals surface area contributed by atoms with E-state index in [1.807, 2.05) is 36.9 Å². The summed E-state index contributed by atoms with van der Waals surface area (Å²) in [5, 5.41) is 0. The zero-order valence-electron chi connectivity index (χ0n) is 15.5. The molecule has 1 aliphatic heterocycles. The number of H-pyrrole nitrogens is 1. The third kappa shape index (κ3) is 3.74. The maximum atomic E-state index is 12.7. The number of benzene rings is 1. The molecule has 1 saturated heterocycles. The number of hydrogen-bond donors (Lipinski definition) is 1. The summed E-state index contributed by atoms with van der Waals surface area (Å²) in [7, 11) is 1.65. The van der Waals surface area contributed by atoms with Gasteiger partial charge >= 0.3 is 0 Å². The second kappa shape index (κ2) is 7.64. The number of carbonyl (C=O) groups is 2. The van der Waals surface area contributed by atoms with Gasteiger partial charge in [-0.2, -0.15) is 0 Å². The number of aromatic nitrogens is 1. The van der Waals surface area contributed by atoms with Gasteiger partial charge in [0.15, 0.2) is 0 Å². The molecular weight excluding hydrogens is 330 g/mol. The number of hydrogen-bond acceptors (Lipinski definition) is 3. The third-order valence-electron chi connectivity index (χ3n) is 4.94. The van der Waals surface area contributed by atoms with Gasteiger partial charge in [-0.25, -0.2) is 0 Å². The minimum Gasteiger partial charge on any atom is -0.496 e. The Bertz CT molecular complexity index is 791. The predicted molar refractivity (Wildman–Crippen MR) is 99.4 cm³/mol. The van der Waals surface area contributed by atoms with Crippen LogP contribution in [0.3, 0.4) is 0 Å². The largest absolute Gasteiger partial charge is 0.496 e. The summed E-state index contributed by atoms with van der Waals surface area (Å²) in [6.45, 7) is 6.24. The van der Waals surface area contributed by atoms with E-state index in [2.05, 4.69) is 4.98 Å². The van der Waals surface area contributed by atoms with Crippen molar-refractivity contribution in [2.24, 2.45) is 0 Å². The Kier molecular flexibility index (Phi) is 5.30. The van der Waals surface area contributed by atoms with Gasteiger partial charge in [0.2, 0.25) is 5.91 Å². The minimum atomic E-state index is -0.0104. The molecule has 2 aromatic rings. The topological polar surface area (TPSA) is 65.6 Å². The van der Waals surface area contributed by atoms with E-state index in [1.54, 1.807) is 24.3 Å². The van der Waals surface area contributed by atoms with Crippen molar-refractivity contribution in [1.82, 2.24) is 14.8 Å². The SMILES string of the molecule is COc1cc(C)c(CC(=O)N2CCN(C(=O)c3ccc[nH]3)CC2)cc1C.